The van der Waals surface area contributed by atoms with Crippen molar-refractivity contribution in [1.29, 1.82) is 0 Å². The Morgan fingerprint density at radius 3 is 2.56 bits per heavy atom. The lowest BCUT2D eigenvalue weighted by Crippen LogP contribution is -2.45. The second kappa shape index (κ2) is 5.55. The fraction of sp³-hybridized carbons (Fsp3) is 0.545. The van der Waals surface area contributed by atoms with E-state index >= 15 is 0 Å². The second-order valence-electron chi connectivity index (χ2n) is 4.05. The SMILES string of the molecule is CC(C)N(Cc1cnccn1)C(=O)[C@H](C)N. The average Bonchev–Trinajstić information content (AvgIpc) is 2.26. The monoisotopic (exact) mass is 222 g/mol. The molecule has 0 saturated carbocycles. The van der Waals surface area contributed by atoms with Crippen molar-refractivity contribution in [3.05, 3.63) is 24.3 Å². The molecule has 1 atom stereocenters. The van der Waals surface area contributed by atoms with Gasteiger partial charge < -0.3 is 10.6 Å². The van der Waals surface area contributed by atoms with E-state index in [0.717, 1.165) is 5.69 Å². The Morgan fingerprint density at radius 2 is 2.12 bits per heavy atom. The molecule has 88 valence electrons. The summed E-state index contributed by atoms with van der Waals surface area (Å²) in [6.07, 6.45) is 4.88. The van der Waals surface area contributed by atoms with Crippen LogP contribution in [0.2, 0.25) is 0 Å². The van der Waals surface area contributed by atoms with Crippen LogP contribution >= 0.6 is 0 Å². The zero-order chi connectivity index (χ0) is 12.1. The highest BCUT2D eigenvalue weighted by molar-refractivity contribution is 5.81. The van der Waals surface area contributed by atoms with Crippen LogP contribution in [0.5, 0.6) is 0 Å². The molecular formula is C11H18N4O. The van der Waals surface area contributed by atoms with Crippen LogP contribution in [0.4, 0.5) is 0 Å². The number of carbonyl (C=O) groups excluding carboxylic acids is 1. The van der Waals surface area contributed by atoms with E-state index in [0.29, 0.717) is 6.54 Å². The smallest absolute Gasteiger partial charge is 0.239 e. The highest BCUT2D eigenvalue weighted by atomic mass is 16.2. The van der Waals surface area contributed by atoms with E-state index in [1.54, 1.807) is 30.4 Å². The van der Waals surface area contributed by atoms with Crippen molar-refractivity contribution in [2.45, 2.75) is 39.4 Å². The molecule has 0 fully saturated rings. The van der Waals surface area contributed by atoms with E-state index in [4.69, 9.17) is 5.73 Å². The Hall–Kier alpha value is -1.49. The van der Waals surface area contributed by atoms with Crippen LogP contribution < -0.4 is 5.73 Å². The zero-order valence-electron chi connectivity index (χ0n) is 9.92. The number of hydrogen-bond donors (Lipinski definition) is 1. The minimum absolute atomic E-state index is 0.0688. The maximum Gasteiger partial charge on any atom is 0.239 e. The van der Waals surface area contributed by atoms with Gasteiger partial charge in [-0.1, -0.05) is 0 Å². The number of nitrogens with zero attached hydrogens (tertiary/aromatic N) is 3. The summed E-state index contributed by atoms with van der Waals surface area (Å²) < 4.78 is 0. The summed E-state index contributed by atoms with van der Waals surface area (Å²) in [5.41, 5.74) is 6.37. The van der Waals surface area contributed by atoms with Gasteiger partial charge >= 0.3 is 0 Å². The number of nitrogens with two attached hydrogens (primary N) is 1. The van der Waals surface area contributed by atoms with E-state index in [9.17, 15) is 4.79 Å². The molecule has 0 saturated heterocycles. The molecule has 0 unspecified atom stereocenters. The summed E-state index contributed by atoms with van der Waals surface area (Å²) in [6.45, 7) is 6.05. The first-order chi connectivity index (χ1) is 7.52. The lowest BCUT2D eigenvalue weighted by molar-refractivity contribution is -0.134. The summed E-state index contributed by atoms with van der Waals surface area (Å²) in [5.74, 6) is -0.0688. The third kappa shape index (κ3) is 3.27. The standard InChI is InChI=1S/C11H18N4O/c1-8(2)15(11(16)9(3)12)7-10-6-13-4-5-14-10/h4-6,8-9H,7,12H2,1-3H3/t9-/m0/s1. The van der Waals surface area contributed by atoms with Crippen LogP contribution in [-0.4, -0.2) is 32.9 Å². The van der Waals surface area contributed by atoms with Gasteiger partial charge in [-0.15, -0.1) is 0 Å². The van der Waals surface area contributed by atoms with Crippen molar-refractivity contribution >= 4 is 5.91 Å². The molecular weight excluding hydrogens is 204 g/mol. The van der Waals surface area contributed by atoms with E-state index in [2.05, 4.69) is 9.97 Å². The Bertz CT molecular complexity index is 337. The Balaban J connectivity index is 2.77. The van der Waals surface area contributed by atoms with E-state index in [1.165, 1.54) is 0 Å². The molecule has 0 radical (unpaired) electrons. The quantitative estimate of drug-likeness (QED) is 0.808. The van der Waals surface area contributed by atoms with Crippen molar-refractivity contribution in [3.8, 4) is 0 Å². The van der Waals surface area contributed by atoms with Crippen LogP contribution in [0, 0.1) is 0 Å². The van der Waals surface area contributed by atoms with Crippen molar-refractivity contribution in [2.24, 2.45) is 5.73 Å². The Kier molecular flexibility index (Phi) is 4.37. The molecule has 5 heteroatoms. The second-order valence-corrected chi connectivity index (χ2v) is 4.05. The molecule has 16 heavy (non-hydrogen) atoms. The van der Waals surface area contributed by atoms with Gasteiger partial charge in [-0.3, -0.25) is 14.8 Å². The van der Waals surface area contributed by atoms with Crippen LogP contribution in [0.15, 0.2) is 18.6 Å². The molecule has 0 spiro atoms. The molecule has 0 aliphatic rings. The maximum absolute atomic E-state index is 11.8. The zero-order valence-corrected chi connectivity index (χ0v) is 9.92. The molecule has 0 aromatic carbocycles. The van der Waals surface area contributed by atoms with Gasteiger partial charge in [-0.2, -0.15) is 0 Å². The van der Waals surface area contributed by atoms with Gasteiger partial charge in [0, 0.05) is 18.4 Å². The normalized spacial score (nSPS) is 12.6. The van der Waals surface area contributed by atoms with Gasteiger partial charge in [0.05, 0.1) is 24.5 Å². The van der Waals surface area contributed by atoms with Gasteiger partial charge in [0.2, 0.25) is 5.91 Å². The highest BCUT2D eigenvalue weighted by Crippen LogP contribution is 2.06. The molecule has 0 bridgehead atoms. The molecule has 5 nitrogen and oxygen atoms in total. The van der Waals surface area contributed by atoms with Crippen LogP contribution in [0.25, 0.3) is 0 Å². The van der Waals surface area contributed by atoms with Gasteiger partial charge in [0.15, 0.2) is 0 Å². The first kappa shape index (κ1) is 12.6. The largest absolute Gasteiger partial charge is 0.333 e. The summed E-state index contributed by atoms with van der Waals surface area (Å²) >= 11 is 0. The van der Waals surface area contributed by atoms with Gasteiger partial charge in [-0.25, -0.2) is 0 Å². The number of amides is 1. The minimum atomic E-state index is -0.487. The van der Waals surface area contributed by atoms with Crippen molar-refractivity contribution in [2.75, 3.05) is 0 Å². The summed E-state index contributed by atoms with van der Waals surface area (Å²) in [4.78, 5) is 21.7. The molecule has 1 amide bonds. The van der Waals surface area contributed by atoms with Gasteiger partial charge in [0.25, 0.3) is 0 Å². The topological polar surface area (TPSA) is 72.1 Å². The first-order valence-electron chi connectivity index (χ1n) is 5.33. The van der Waals surface area contributed by atoms with Gasteiger partial charge in [0.1, 0.15) is 0 Å². The lowest BCUT2D eigenvalue weighted by atomic mass is 10.2. The predicted octanol–water partition coefficient (Wildman–Crippen LogP) is 0.561. The molecule has 0 aliphatic heterocycles. The molecule has 1 heterocycles. The fourth-order valence-electron chi connectivity index (χ4n) is 1.36. The summed E-state index contributed by atoms with van der Waals surface area (Å²) in [5, 5.41) is 0. The molecule has 1 aromatic heterocycles. The van der Waals surface area contributed by atoms with E-state index in [1.807, 2.05) is 13.8 Å². The van der Waals surface area contributed by atoms with Crippen molar-refractivity contribution in [3.63, 3.8) is 0 Å². The molecule has 2 N–H and O–H groups in total. The lowest BCUT2D eigenvalue weighted by Gasteiger charge is -2.27. The fourth-order valence-corrected chi connectivity index (χ4v) is 1.36. The van der Waals surface area contributed by atoms with E-state index in [-0.39, 0.29) is 11.9 Å². The Morgan fingerprint density at radius 1 is 1.44 bits per heavy atom. The van der Waals surface area contributed by atoms with Crippen LogP contribution in [0.3, 0.4) is 0 Å². The molecule has 0 aliphatic carbocycles. The number of hydrogen-bond acceptors (Lipinski definition) is 4. The third-order valence-corrected chi connectivity index (χ3v) is 2.24. The molecule has 1 aromatic rings. The summed E-state index contributed by atoms with van der Waals surface area (Å²) in [7, 11) is 0. The number of carbonyl (C=O) groups is 1. The number of rotatable bonds is 4. The van der Waals surface area contributed by atoms with Crippen LogP contribution in [-0.2, 0) is 11.3 Å². The van der Waals surface area contributed by atoms with Crippen LogP contribution in [0.1, 0.15) is 26.5 Å². The maximum atomic E-state index is 11.8. The summed E-state index contributed by atoms with van der Waals surface area (Å²) in [6, 6.07) is -0.389. The van der Waals surface area contributed by atoms with Crippen molar-refractivity contribution < 1.29 is 4.79 Å². The van der Waals surface area contributed by atoms with Crippen molar-refractivity contribution in [1.82, 2.24) is 14.9 Å². The third-order valence-electron chi connectivity index (χ3n) is 2.24. The average molecular weight is 222 g/mol. The Labute approximate surface area is 95.7 Å². The predicted molar refractivity (Wildman–Crippen MR) is 61.4 cm³/mol. The number of aromatic nitrogens is 2. The minimum Gasteiger partial charge on any atom is -0.333 e. The molecule has 1 rings (SSSR count). The first-order valence-corrected chi connectivity index (χ1v) is 5.33. The van der Waals surface area contributed by atoms with Gasteiger partial charge in [-0.05, 0) is 20.8 Å². The van der Waals surface area contributed by atoms with E-state index < -0.39 is 6.04 Å². The highest BCUT2D eigenvalue weighted by Gasteiger charge is 2.20.